The molecule has 0 aromatic rings. The van der Waals surface area contributed by atoms with Gasteiger partial charge in [0.2, 0.25) is 5.91 Å². The topological polar surface area (TPSA) is 29.1 Å². The molecule has 1 aliphatic rings. The lowest BCUT2D eigenvalue weighted by molar-refractivity contribution is -0.122. The third-order valence-electron chi connectivity index (χ3n) is 2.12. The van der Waals surface area contributed by atoms with Crippen LogP contribution in [0.4, 0.5) is 0 Å². The van der Waals surface area contributed by atoms with Gasteiger partial charge in [-0.3, -0.25) is 4.79 Å². The largest absolute Gasteiger partial charge is 0.333 e. The van der Waals surface area contributed by atoms with Crippen LogP contribution in [-0.4, -0.2) is 5.91 Å². The molecule has 0 saturated heterocycles. The summed E-state index contributed by atoms with van der Waals surface area (Å²) in [7, 11) is 0. The molecule has 0 radical (unpaired) electrons. The molecule has 0 bridgehead atoms. The summed E-state index contributed by atoms with van der Waals surface area (Å²) in [4.78, 5) is 10.9. The molecule has 0 saturated carbocycles. The van der Waals surface area contributed by atoms with E-state index in [2.05, 4.69) is 19.2 Å². The fourth-order valence-corrected chi connectivity index (χ4v) is 0.976. The first-order valence-electron chi connectivity index (χ1n) is 3.49. The molecule has 10 heavy (non-hydrogen) atoms. The van der Waals surface area contributed by atoms with Crippen LogP contribution in [0.5, 0.6) is 0 Å². The van der Waals surface area contributed by atoms with Crippen molar-refractivity contribution < 1.29 is 4.79 Å². The van der Waals surface area contributed by atoms with E-state index in [1.54, 1.807) is 6.20 Å². The van der Waals surface area contributed by atoms with E-state index in [1.165, 1.54) is 5.57 Å². The van der Waals surface area contributed by atoms with Crippen LogP contribution in [0, 0.1) is 5.41 Å². The fraction of sp³-hybridized carbons (Fsp3) is 0.625. The first-order valence-corrected chi connectivity index (χ1v) is 3.49. The predicted octanol–water partition coefficient (Wildman–Crippen LogP) is 1.44. The van der Waals surface area contributed by atoms with Crippen molar-refractivity contribution in [3.63, 3.8) is 0 Å². The molecule has 1 heterocycles. The normalized spacial score (nSPS) is 23.5. The van der Waals surface area contributed by atoms with Crippen molar-refractivity contribution in [3.8, 4) is 0 Å². The summed E-state index contributed by atoms with van der Waals surface area (Å²) in [6, 6.07) is 0. The van der Waals surface area contributed by atoms with E-state index in [0.29, 0.717) is 6.42 Å². The monoisotopic (exact) mass is 139 g/mol. The number of carbonyl (C=O) groups is 1. The Labute approximate surface area is 61.3 Å². The van der Waals surface area contributed by atoms with Gasteiger partial charge in [-0.1, -0.05) is 19.4 Å². The minimum atomic E-state index is 0.0579. The second kappa shape index (κ2) is 2.11. The van der Waals surface area contributed by atoms with Gasteiger partial charge in [0, 0.05) is 12.6 Å². The Morgan fingerprint density at radius 2 is 2.20 bits per heavy atom. The molecule has 0 aromatic heterocycles. The fourth-order valence-electron chi connectivity index (χ4n) is 0.976. The summed E-state index contributed by atoms with van der Waals surface area (Å²) < 4.78 is 0. The van der Waals surface area contributed by atoms with Gasteiger partial charge in [0.25, 0.3) is 0 Å². The SMILES string of the molecule is CC1=CNC(=O)CC1(C)C. The Morgan fingerprint density at radius 1 is 1.60 bits per heavy atom. The van der Waals surface area contributed by atoms with E-state index >= 15 is 0 Å². The Kier molecular flexibility index (Phi) is 1.55. The molecule has 0 fully saturated rings. The number of nitrogens with one attached hydrogen (secondary N) is 1. The van der Waals surface area contributed by atoms with E-state index in [0.717, 1.165) is 0 Å². The molecule has 0 unspecified atom stereocenters. The Hall–Kier alpha value is -0.790. The zero-order valence-corrected chi connectivity index (χ0v) is 6.69. The molecule has 1 rings (SSSR count). The maximum Gasteiger partial charge on any atom is 0.224 e. The van der Waals surface area contributed by atoms with Crippen molar-refractivity contribution in [2.24, 2.45) is 5.41 Å². The molecule has 1 N–H and O–H groups in total. The highest BCUT2D eigenvalue weighted by Gasteiger charge is 2.26. The molecule has 1 aliphatic heterocycles. The number of hydrogen-bond acceptors (Lipinski definition) is 1. The maximum absolute atomic E-state index is 10.9. The van der Waals surface area contributed by atoms with Crippen LogP contribution in [0.3, 0.4) is 0 Å². The molecule has 0 aromatic carbocycles. The van der Waals surface area contributed by atoms with Crippen LogP contribution in [0.1, 0.15) is 27.2 Å². The van der Waals surface area contributed by atoms with Gasteiger partial charge in [-0.05, 0) is 12.3 Å². The van der Waals surface area contributed by atoms with Gasteiger partial charge >= 0.3 is 0 Å². The van der Waals surface area contributed by atoms with Gasteiger partial charge in [0.1, 0.15) is 0 Å². The quantitative estimate of drug-likeness (QED) is 0.540. The Balaban J connectivity index is 2.86. The summed E-state index contributed by atoms with van der Waals surface area (Å²) in [5, 5.41) is 2.69. The van der Waals surface area contributed by atoms with Crippen molar-refractivity contribution in [2.45, 2.75) is 27.2 Å². The molecular formula is C8H13NO. The molecule has 0 aliphatic carbocycles. The van der Waals surface area contributed by atoms with Crippen molar-refractivity contribution in [2.75, 3.05) is 0 Å². The Bertz CT molecular complexity index is 191. The van der Waals surface area contributed by atoms with Crippen LogP contribution >= 0.6 is 0 Å². The molecule has 56 valence electrons. The lowest BCUT2D eigenvalue weighted by Gasteiger charge is -2.28. The average Bonchev–Trinajstić information content (AvgIpc) is 1.78. The maximum atomic E-state index is 10.9. The predicted molar refractivity (Wildman–Crippen MR) is 40.3 cm³/mol. The highest BCUT2D eigenvalue weighted by atomic mass is 16.1. The van der Waals surface area contributed by atoms with Crippen LogP contribution in [0.2, 0.25) is 0 Å². The summed E-state index contributed by atoms with van der Waals surface area (Å²) in [5.74, 6) is 0.121. The standard InChI is InChI=1S/C8H13NO/c1-6-5-9-7(10)4-8(6,2)3/h5H,4H2,1-3H3,(H,9,10). The molecular weight excluding hydrogens is 126 g/mol. The molecule has 1 amide bonds. The van der Waals surface area contributed by atoms with Gasteiger partial charge in [-0.15, -0.1) is 0 Å². The van der Waals surface area contributed by atoms with Crippen molar-refractivity contribution in [3.05, 3.63) is 11.8 Å². The molecule has 2 nitrogen and oxygen atoms in total. The van der Waals surface area contributed by atoms with Crippen LogP contribution in [0.25, 0.3) is 0 Å². The van der Waals surface area contributed by atoms with Gasteiger partial charge < -0.3 is 5.32 Å². The molecule has 0 atom stereocenters. The first-order chi connectivity index (χ1) is 4.52. The first kappa shape index (κ1) is 7.32. The summed E-state index contributed by atoms with van der Waals surface area (Å²) in [5.41, 5.74) is 1.30. The van der Waals surface area contributed by atoms with E-state index in [-0.39, 0.29) is 11.3 Å². The molecule has 2 heteroatoms. The lowest BCUT2D eigenvalue weighted by atomic mass is 9.80. The van der Waals surface area contributed by atoms with Gasteiger partial charge in [0.05, 0.1) is 0 Å². The smallest absolute Gasteiger partial charge is 0.224 e. The zero-order chi connectivity index (χ0) is 7.78. The zero-order valence-electron chi connectivity index (χ0n) is 6.69. The summed E-state index contributed by atoms with van der Waals surface area (Å²) >= 11 is 0. The second-order valence-corrected chi connectivity index (χ2v) is 3.46. The second-order valence-electron chi connectivity index (χ2n) is 3.46. The third kappa shape index (κ3) is 1.20. The van der Waals surface area contributed by atoms with Crippen LogP contribution < -0.4 is 5.32 Å². The minimum Gasteiger partial charge on any atom is -0.333 e. The van der Waals surface area contributed by atoms with E-state index in [1.807, 2.05) is 6.92 Å². The van der Waals surface area contributed by atoms with Crippen LogP contribution in [-0.2, 0) is 4.79 Å². The summed E-state index contributed by atoms with van der Waals surface area (Å²) in [6.45, 7) is 6.20. The minimum absolute atomic E-state index is 0.0579. The van der Waals surface area contributed by atoms with Gasteiger partial charge in [-0.25, -0.2) is 0 Å². The van der Waals surface area contributed by atoms with Crippen LogP contribution in [0.15, 0.2) is 11.8 Å². The van der Waals surface area contributed by atoms with E-state index in [9.17, 15) is 4.79 Å². The molecule has 0 spiro atoms. The number of allylic oxidation sites excluding steroid dienone is 1. The highest BCUT2D eigenvalue weighted by Crippen LogP contribution is 2.31. The highest BCUT2D eigenvalue weighted by molar-refractivity contribution is 5.79. The van der Waals surface area contributed by atoms with E-state index in [4.69, 9.17) is 0 Å². The number of amides is 1. The van der Waals surface area contributed by atoms with Crippen molar-refractivity contribution in [1.29, 1.82) is 0 Å². The number of carbonyl (C=O) groups excluding carboxylic acids is 1. The number of hydrogen-bond donors (Lipinski definition) is 1. The van der Waals surface area contributed by atoms with Gasteiger partial charge in [0.15, 0.2) is 0 Å². The average molecular weight is 139 g/mol. The third-order valence-corrected chi connectivity index (χ3v) is 2.12. The van der Waals surface area contributed by atoms with Crippen molar-refractivity contribution in [1.82, 2.24) is 5.32 Å². The van der Waals surface area contributed by atoms with E-state index < -0.39 is 0 Å². The van der Waals surface area contributed by atoms with Gasteiger partial charge in [-0.2, -0.15) is 0 Å². The Morgan fingerprint density at radius 3 is 2.60 bits per heavy atom. The number of rotatable bonds is 0. The lowest BCUT2D eigenvalue weighted by Crippen LogP contribution is -2.32. The van der Waals surface area contributed by atoms with Crippen molar-refractivity contribution >= 4 is 5.91 Å². The summed E-state index contributed by atoms with van der Waals surface area (Å²) in [6.07, 6.45) is 2.40.